The van der Waals surface area contributed by atoms with Crippen LogP contribution in [0, 0.1) is 6.92 Å². The number of nitrogens with one attached hydrogen (secondary N) is 1. The van der Waals surface area contributed by atoms with Crippen LogP contribution in [-0.2, 0) is 4.79 Å². The lowest BCUT2D eigenvalue weighted by Gasteiger charge is -2.11. The molecule has 0 bridgehead atoms. The molecule has 0 aliphatic rings. The minimum atomic E-state index is -0.169. The van der Waals surface area contributed by atoms with Crippen LogP contribution in [-0.4, -0.2) is 21.9 Å². The van der Waals surface area contributed by atoms with E-state index in [0.29, 0.717) is 10.7 Å². The zero-order valence-corrected chi connectivity index (χ0v) is 11.5. The van der Waals surface area contributed by atoms with Crippen molar-refractivity contribution in [3.05, 3.63) is 29.8 Å². The molecule has 3 N–H and O–H groups in total. The number of nitrogens with two attached hydrogens (primary N) is 1. The van der Waals surface area contributed by atoms with Crippen molar-refractivity contribution in [2.75, 3.05) is 11.1 Å². The molecule has 0 saturated carbocycles. The summed E-state index contributed by atoms with van der Waals surface area (Å²) in [5.41, 5.74) is 7.36. The van der Waals surface area contributed by atoms with Crippen molar-refractivity contribution in [2.45, 2.75) is 19.1 Å². The van der Waals surface area contributed by atoms with Gasteiger partial charge in [-0.1, -0.05) is 29.9 Å². The summed E-state index contributed by atoms with van der Waals surface area (Å²) in [6.45, 7) is 3.85. The van der Waals surface area contributed by atoms with Crippen LogP contribution in [0.25, 0.3) is 0 Å². The Kier molecular flexibility index (Phi) is 5.44. The first kappa shape index (κ1) is 14.0. The fourth-order valence-electron chi connectivity index (χ4n) is 1.16. The highest BCUT2D eigenvalue weighted by molar-refractivity contribution is 8.02. The van der Waals surface area contributed by atoms with Gasteiger partial charge in [-0.2, -0.15) is 0 Å². The third-order valence-electron chi connectivity index (χ3n) is 2.16. The van der Waals surface area contributed by atoms with Gasteiger partial charge in [0.1, 0.15) is 0 Å². The molecule has 0 fully saturated rings. The van der Waals surface area contributed by atoms with E-state index in [1.54, 1.807) is 0 Å². The minimum Gasteiger partial charge on any atom is -0.393 e. The summed E-state index contributed by atoms with van der Waals surface area (Å²) in [6, 6.07) is 7.70. The van der Waals surface area contributed by atoms with Crippen LogP contribution in [0.4, 0.5) is 5.69 Å². The first-order valence-electron chi connectivity index (χ1n) is 5.26. The molecule has 0 saturated heterocycles. The van der Waals surface area contributed by atoms with Crippen LogP contribution in [0.3, 0.4) is 0 Å². The summed E-state index contributed by atoms with van der Waals surface area (Å²) < 4.78 is 0. The van der Waals surface area contributed by atoms with Gasteiger partial charge in [-0.3, -0.25) is 4.79 Å². The molecular formula is C12H16N2OS2. The van der Waals surface area contributed by atoms with Crippen molar-refractivity contribution in [1.82, 2.24) is 0 Å². The number of carbonyl (C=O) groups is 1. The number of benzene rings is 1. The van der Waals surface area contributed by atoms with Crippen molar-refractivity contribution in [2.24, 2.45) is 5.73 Å². The van der Waals surface area contributed by atoms with Crippen LogP contribution in [0.15, 0.2) is 24.3 Å². The summed E-state index contributed by atoms with van der Waals surface area (Å²) in [4.78, 5) is 12.2. The Balaban J connectivity index is 2.48. The summed E-state index contributed by atoms with van der Waals surface area (Å²) in [5.74, 6) is 0.493. The molecule has 3 nitrogen and oxygen atoms in total. The molecule has 17 heavy (non-hydrogen) atoms. The van der Waals surface area contributed by atoms with E-state index in [-0.39, 0.29) is 11.2 Å². The van der Waals surface area contributed by atoms with Crippen LogP contribution < -0.4 is 11.1 Å². The molecule has 0 spiro atoms. The van der Waals surface area contributed by atoms with Crippen molar-refractivity contribution >= 4 is 40.6 Å². The summed E-state index contributed by atoms with van der Waals surface area (Å²) >= 11 is 6.21. The molecule has 5 heteroatoms. The molecule has 1 amide bonds. The van der Waals surface area contributed by atoms with E-state index in [1.807, 2.05) is 38.1 Å². The second kappa shape index (κ2) is 6.61. The molecule has 1 aromatic rings. The standard InChI is InChI=1S/C12H16N2OS2/c1-8-3-5-10(6-4-8)14-12(15)9(2)17-7-11(13)16/h3-6,9H,7H2,1-2H3,(H2,13,16)(H,14,15). The summed E-state index contributed by atoms with van der Waals surface area (Å²) in [5, 5.41) is 2.68. The highest BCUT2D eigenvalue weighted by Crippen LogP contribution is 2.14. The topological polar surface area (TPSA) is 55.1 Å². The van der Waals surface area contributed by atoms with E-state index in [9.17, 15) is 4.79 Å². The summed E-state index contributed by atoms with van der Waals surface area (Å²) in [7, 11) is 0. The lowest BCUT2D eigenvalue weighted by Crippen LogP contribution is -2.24. The van der Waals surface area contributed by atoms with E-state index >= 15 is 0 Å². The third kappa shape index (κ3) is 5.19. The van der Waals surface area contributed by atoms with Gasteiger partial charge in [-0.25, -0.2) is 0 Å². The normalized spacial score (nSPS) is 11.9. The Bertz CT molecular complexity index is 403. The highest BCUT2D eigenvalue weighted by atomic mass is 32.2. The van der Waals surface area contributed by atoms with Gasteiger partial charge in [0.15, 0.2) is 0 Å². The second-order valence-electron chi connectivity index (χ2n) is 3.77. The Morgan fingerprint density at radius 1 is 1.47 bits per heavy atom. The number of thioether (sulfide) groups is 1. The van der Waals surface area contributed by atoms with E-state index < -0.39 is 0 Å². The number of amides is 1. The Morgan fingerprint density at radius 2 is 2.06 bits per heavy atom. The van der Waals surface area contributed by atoms with Crippen molar-refractivity contribution < 1.29 is 4.79 Å². The zero-order chi connectivity index (χ0) is 12.8. The molecule has 1 rings (SSSR count). The number of anilines is 1. The van der Waals surface area contributed by atoms with Crippen molar-refractivity contribution in [1.29, 1.82) is 0 Å². The van der Waals surface area contributed by atoms with E-state index in [2.05, 4.69) is 5.32 Å². The Morgan fingerprint density at radius 3 is 2.59 bits per heavy atom. The molecule has 92 valence electrons. The average Bonchev–Trinajstić information content (AvgIpc) is 2.28. The molecule has 0 aliphatic carbocycles. The van der Waals surface area contributed by atoms with Crippen molar-refractivity contribution in [3.63, 3.8) is 0 Å². The average molecular weight is 268 g/mol. The van der Waals surface area contributed by atoms with Gasteiger partial charge in [-0.15, -0.1) is 11.8 Å². The smallest absolute Gasteiger partial charge is 0.237 e. The maximum atomic E-state index is 11.8. The number of hydrogen-bond acceptors (Lipinski definition) is 3. The quantitative estimate of drug-likeness (QED) is 0.805. The van der Waals surface area contributed by atoms with Gasteiger partial charge < -0.3 is 11.1 Å². The number of carbonyl (C=O) groups excluding carboxylic acids is 1. The lowest BCUT2D eigenvalue weighted by molar-refractivity contribution is -0.115. The SMILES string of the molecule is Cc1ccc(NC(=O)C(C)SCC(N)=S)cc1. The monoisotopic (exact) mass is 268 g/mol. The predicted octanol–water partition coefficient (Wildman–Crippen LogP) is 2.34. The number of aryl methyl sites for hydroxylation is 1. The molecule has 1 aromatic carbocycles. The molecular weight excluding hydrogens is 252 g/mol. The fraction of sp³-hybridized carbons (Fsp3) is 0.333. The van der Waals surface area contributed by atoms with Gasteiger partial charge >= 0.3 is 0 Å². The van der Waals surface area contributed by atoms with Crippen LogP contribution in [0.1, 0.15) is 12.5 Å². The van der Waals surface area contributed by atoms with Gasteiger partial charge in [0, 0.05) is 11.4 Å². The molecule has 0 aliphatic heterocycles. The fourth-order valence-corrected chi connectivity index (χ4v) is 1.99. The van der Waals surface area contributed by atoms with E-state index in [1.165, 1.54) is 17.3 Å². The Labute approximate surface area is 111 Å². The largest absolute Gasteiger partial charge is 0.393 e. The second-order valence-corrected chi connectivity index (χ2v) is 5.63. The Hall–Kier alpha value is -1.07. The number of rotatable bonds is 5. The van der Waals surface area contributed by atoms with Crippen LogP contribution in [0.2, 0.25) is 0 Å². The first-order valence-corrected chi connectivity index (χ1v) is 6.72. The lowest BCUT2D eigenvalue weighted by atomic mass is 10.2. The number of hydrogen-bond donors (Lipinski definition) is 2. The van der Waals surface area contributed by atoms with Gasteiger partial charge in [0.2, 0.25) is 5.91 Å². The number of thiocarbonyl (C=S) groups is 1. The molecule has 0 heterocycles. The van der Waals surface area contributed by atoms with Gasteiger partial charge in [0.25, 0.3) is 0 Å². The third-order valence-corrected chi connectivity index (χ3v) is 3.68. The van der Waals surface area contributed by atoms with Gasteiger partial charge in [0.05, 0.1) is 10.2 Å². The minimum absolute atomic E-state index is 0.0323. The zero-order valence-electron chi connectivity index (χ0n) is 9.90. The predicted molar refractivity (Wildman–Crippen MR) is 78.5 cm³/mol. The molecule has 0 radical (unpaired) electrons. The maximum Gasteiger partial charge on any atom is 0.237 e. The van der Waals surface area contributed by atoms with Crippen molar-refractivity contribution in [3.8, 4) is 0 Å². The summed E-state index contributed by atoms with van der Waals surface area (Å²) in [6.07, 6.45) is 0. The van der Waals surface area contributed by atoms with Crippen LogP contribution >= 0.6 is 24.0 Å². The molecule has 1 unspecified atom stereocenters. The maximum absolute atomic E-state index is 11.8. The van der Waals surface area contributed by atoms with Gasteiger partial charge in [-0.05, 0) is 26.0 Å². The molecule has 0 aromatic heterocycles. The first-order chi connectivity index (χ1) is 7.99. The molecule has 1 atom stereocenters. The van der Waals surface area contributed by atoms with E-state index in [0.717, 1.165) is 5.69 Å². The highest BCUT2D eigenvalue weighted by Gasteiger charge is 2.13. The van der Waals surface area contributed by atoms with Crippen LogP contribution in [0.5, 0.6) is 0 Å². The van der Waals surface area contributed by atoms with E-state index in [4.69, 9.17) is 18.0 Å².